The number of likely N-dealkylation sites (tertiary alicyclic amines) is 1. The van der Waals surface area contributed by atoms with Crippen molar-refractivity contribution >= 4 is 73.4 Å². The van der Waals surface area contributed by atoms with Crippen molar-refractivity contribution in [1.82, 2.24) is 45.6 Å². The average molecular weight is 1190 g/mol. The van der Waals surface area contributed by atoms with Crippen LogP contribution in [0.25, 0.3) is 31.8 Å². The number of aryl methyl sites for hydroxylation is 1. The van der Waals surface area contributed by atoms with Gasteiger partial charge in [-0.1, -0.05) is 87.8 Å². The van der Waals surface area contributed by atoms with Crippen LogP contribution >= 0.6 is 22.7 Å². The SMILES string of the molecule is Cc1ncsc1-c1ccc(CNC(=O)[C@@H]2C[C@@H](O)CN2C(=O)[C@@H](NC(=O)C2(F)CC2)C(C)(C)C)c(OCCCCNC(=O)c2nc(N3CCc4cccc(C(=O)Nc5nc6ccccc6s5)c4C3)ccc2-c2cnn(CC3CCCCC3)c2C)c1. The second-order valence-electron chi connectivity index (χ2n) is 24.2. The number of rotatable bonds is 20. The fourth-order valence-electron chi connectivity index (χ4n) is 11.9. The summed E-state index contributed by atoms with van der Waals surface area (Å²) in [6.07, 6.45) is 8.95. The predicted molar refractivity (Wildman–Crippen MR) is 327 cm³/mol. The molecule has 0 bridgehead atoms. The van der Waals surface area contributed by atoms with E-state index in [9.17, 15) is 33.5 Å². The molecule has 21 heteroatoms. The van der Waals surface area contributed by atoms with Crippen LogP contribution in [0.5, 0.6) is 5.75 Å². The predicted octanol–water partition coefficient (Wildman–Crippen LogP) is 9.89. The summed E-state index contributed by atoms with van der Waals surface area (Å²) in [4.78, 5) is 88.1. The maximum atomic E-state index is 14.8. The molecular formula is C64H74FN11O7S2. The number of para-hydroxylation sites is 1. The van der Waals surface area contributed by atoms with Crippen LogP contribution in [-0.2, 0) is 40.4 Å². The highest BCUT2D eigenvalue weighted by Gasteiger charge is 2.53. The Balaban J connectivity index is 0.766. The van der Waals surface area contributed by atoms with Gasteiger partial charge in [0, 0.05) is 73.6 Å². The molecule has 2 saturated carbocycles. The number of anilines is 2. The molecule has 0 radical (unpaired) electrons. The van der Waals surface area contributed by atoms with Crippen molar-refractivity contribution in [2.24, 2.45) is 11.3 Å². The van der Waals surface area contributed by atoms with Gasteiger partial charge in [0.05, 0.1) is 45.2 Å². The molecule has 85 heavy (non-hydrogen) atoms. The van der Waals surface area contributed by atoms with E-state index < -0.39 is 47.0 Å². The molecule has 3 aromatic carbocycles. The number of benzene rings is 3. The average Bonchev–Trinajstić information content (AvgIpc) is 3.54. The number of halogens is 1. The van der Waals surface area contributed by atoms with E-state index in [2.05, 4.69) is 53.8 Å². The van der Waals surface area contributed by atoms with Gasteiger partial charge in [-0.2, -0.15) is 5.10 Å². The maximum Gasteiger partial charge on any atom is 0.270 e. The molecule has 3 atom stereocenters. The fourth-order valence-corrected chi connectivity index (χ4v) is 13.5. The van der Waals surface area contributed by atoms with Crippen molar-refractivity contribution in [3.8, 4) is 27.3 Å². The normalized spacial score (nSPS) is 18.0. The van der Waals surface area contributed by atoms with Crippen molar-refractivity contribution in [3.05, 3.63) is 124 Å². The zero-order valence-corrected chi connectivity index (χ0v) is 50.5. The zero-order valence-electron chi connectivity index (χ0n) is 48.8. The number of carbonyl (C=O) groups is 5. The molecule has 0 spiro atoms. The van der Waals surface area contributed by atoms with Gasteiger partial charge in [0.15, 0.2) is 10.8 Å². The molecule has 2 aliphatic carbocycles. The number of aliphatic hydroxyl groups is 1. The standard InChI is InChI=1S/C64H74FN11O7S2/c1-38-55(84-37-68-38)42-20-21-43(32-67-58(79)50-31-44(77)35-75(50)60(81)56(63(3,4)5)72-61(82)64(65)25-26-64)51(30-42)83-29-12-11-27-66-59(80)54-45(47-33-69-76(39(47)2)34-40-14-7-6-8-15-40)22-23-53(71-54)74-28-24-41-16-13-17-46(48(41)36-74)57(78)73-62-70-49-18-9-10-19-52(49)85-62/h9-10,13,16-23,30,33,37,40,44,50,56,77H,6-8,11-12,14-15,24-29,31-32,34-36H2,1-5H3,(H,66,80)(H,67,79)(H,72,82)(H,70,73,78)/t44-,50+,56-/m1/s1. The first kappa shape index (κ1) is 59.1. The van der Waals surface area contributed by atoms with Gasteiger partial charge in [-0.05, 0) is 123 Å². The summed E-state index contributed by atoms with van der Waals surface area (Å²) in [5.74, 6) is -0.730. The van der Waals surface area contributed by atoms with E-state index in [4.69, 9.17) is 14.8 Å². The second-order valence-corrected chi connectivity index (χ2v) is 26.1. The number of hydrogen-bond acceptors (Lipinski definition) is 14. The van der Waals surface area contributed by atoms with Gasteiger partial charge in [0.25, 0.3) is 17.7 Å². The highest BCUT2D eigenvalue weighted by Crippen LogP contribution is 2.41. The Kier molecular flexibility index (Phi) is 17.5. The fraction of sp³-hybridized carbons (Fsp3) is 0.453. The molecule has 5 N–H and O–H groups in total. The lowest BCUT2D eigenvalue weighted by Crippen LogP contribution is -2.59. The summed E-state index contributed by atoms with van der Waals surface area (Å²) in [6, 6.07) is 21.2. The monoisotopic (exact) mass is 1190 g/mol. The van der Waals surface area contributed by atoms with E-state index >= 15 is 0 Å². The highest BCUT2D eigenvalue weighted by molar-refractivity contribution is 7.22. The topological polar surface area (TPSA) is 226 Å². The van der Waals surface area contributed by atoms with Crippen LogP contribution in [0.2, 0.25) is 0 Å². The summed E-state index contributed by atoms with van der Waals surface area (Å²) in [7, 11) is 0. The van der Waals surface area contributed by atoms with E-state index in [-0.39, 0.29) is 56.5 Å². The zero-order chi connectivity index (χ0) is 59.6. The number of nitrogens with zero attached hydrogens (tertiary/aromatic N) is 7. The molecule has 4 aliphatic rings. The van der Waals surface area contributed by atoms with Crippen LogP contribution in [-0.4, -0.2) is 114 Å². The Morgan fingerprint density at radius 3 is 2.49 bits per heavy atom. The number of β-amino-alcohol motifs (C(OH)–C–C–N with tert-alkyl or cyclic N) is 1. The largest absolute Gasteiger partial charge is 0.493 e. The minimum Gasteiger partial charge on any atom is -0.493 e. The third-order valence-electron chi connectivity index (χ3n) is 17.0. The van der Waals surface area contributed by atoms with Gasteiger partial charge in [0.1, 0.15) is 29.3 Å². The van der Waals surface area contributed by atoms with Gasteiger partial charge < -0.3 is 35.6 Å². The quantitative estimate of drug-likeness (QED) is 0.0450. The Hall–Kier alpha value is -7.62. The van der Waals surface area contributed by atoms with Gasteiger partial charge in [-0.3, -0.25) is 34.0 Å². The molecule has 18 nitrogen and oxygen atoms in total. The summed E-state index contributed by atoms with van der Waals surface area (Å²) in [5, 5.41) is 27.9. The van der Waals surface area contributed by atoms with Gasteiger partial charge >= 0.3 is 0 Å². The minimum atomic E-state index is -2.00. The molecule has 3 fully saturated rings. The van der Waals surface area contributed by atoms with E-state index in [0.717, 1.165) is 55.3 Å². The van der Waals surface area contributed by atoms with Crippen LogP contribution < -0.4 is 30.9 Å². The number of nitrogens with one attached hydrogen (secondary N) is 4. The number of unbranched alkanes of at least 4 members (excludes halogenated alkanes) is 1. The van der Waals surface area contributed by atoms with Gasteiger partial charge in [-0.25, -0.2) is 19.3 Å². The Morgan fingerprint density at radius 2 is 1.73 bits per heavy atom. The van der Waals surface area contributed by atoms with Crippen LogP contribution in [0.3, 0.4) is 0 Å². The van der Waals surface area contributed by atoms with Crippen molar-refractivity contribution < 1.29 is 38.2 Å². The van der Waals surface area contributed by atoms with E-state index in [0.29, 0.717) is 78.2 Å². The third kappa shape index (κ3) is 13.3. The molecule has 1 saturated heterocycles. The number of aliphatic hydroxyl groups excluding tert-OH is 1. The van der Waals surface area contributed by atoms with Crippen molar-refractivity contribution in [2.45, 2.75) is 149 Å². The molecule has 4 aromatic heterocycles. The molecule has 11 rings (SSSR count). The first-order valence-corrected chi connectivity index (χ1v) is 31.4. The first-order valence-electron chi connectivity index (χ1n) is 29.7. The van der Waals surface area contributed by atoms with Crippen LogP contribution in [0.15, 0.2) is 84.5 Å². The summed E-state index contributed by atoms with van der Waals surface area (Å²) in [5.41, 5.74) is 7.59. The van der Waals surface area contributed by atoms with Crippen LogP contribution in [0.1, 0.15) is 134 Å². The Bertz CT molecular complexity index is 3610. The lowest BCUT2D eigenvalue weighted by Gasteiger charge is -2.35. The van der Waals surface area contributed by atoms with E-state index in [1.807, 2.05) is 79.9 Å². The number of fused-ring (bicyclic) bond motifs is 2. The number of hydrogen-bond donors (Lipinski definition) is 5. The maximum absolute atomic E-state index is 14.8. The molecule has 5 amide bonds. The molecule has 0 unspecified atom stereocenters. The number of carbonyl (C=O) groups excluding carboxylic acids is 5. The second kappa shape index (κ2) is 25.1. The lowest BCUT2D eigenvalue weighted by atomic mass is 9.85. The molecule has 6 heterocycles. The number of thiazole rings is 2. The Labute approximate surface area is 502 Å². The number of alkyl halides is 1. The van der Waals surface area contributed by atoms with E-state index in [1.54, 1.807) is 26.3 Å². The first-order chi connectivity index (χ1) is 40.9. The molecule has 7 aromatic rings. The molecule has 2 aliphatic heterocycles. The third-order valence-corrected chi connectivity index (χ3v) is 18.9. The van der Waals surface area contributed by atoms with Crippen molar-refractivity contribution in [2.75, 3.05) is 36.5 Å². The van der Waals surface area contributed by atoms with Gasteiger partial charge in [-0.15, -0.1) is 11.3 Å². The smallest absolute Gasteiger partial charge is 0.270 e. The van der Waals surface area contributed by atoms with E-state index in [1.165, 1.54) is 59.7 Å². The lowest BCUT2D eigenvalue weighted by molar-refractivity contribution is -0.145. The van der Waals surface area contributed by atoms with Crippen molar-refractivity contribution in [1.29, 1.82) is 0 Å². The number of pyridine rings is 1. The molecular weight excluding hydrogens is 1120 g/mol. The van der Waals surface area contributed by atoms with Gasteiger partial charge in [0.2, 0.25) is 11.8 Å². The summed E-state index contributed by atoms with van der Waals surface area (Å²) in [6.45, 7) is 11.7. The number of amides is 5. The summed E-state index contributed by atoms with van der Waals surface area (Å²) < 4.78 is 24.3. The number of aromatic nitrogens is 5. The summed E-state index contributed by atoms with van der Waals surface area (Å²) >= 11 is 2.94. The minimum absolute atomic E-state index is 0.00441. The number of ether oxygens (including phenoxy) is 1. The van der Waals surface area contributed by atoms with Crippen LogP contribution in [0.4, 0.5) is 15.3 Å². The van der Waals surface area contributed by atoms with Crippen molar-refractivity contribution in [3.63, 3.8) is 0 Å². The Morgan fingerprint density at radius 1 is 0.918 bits per heavy atom. The van der Waals surface area contributed by atoms with Crippen LogP contribution in [0, 0.1) is 25.2 Å². The highest BCUT2D eigenvalue weighted by atomic mass is 32.1. The molecule has 446 valence electrons.